The third-order valence-corrected chi connectivity index (χ3v) is 4.30. The van der Waals surface area contributed by atoms with Crippen LogP contribution in [0.15, 0.2) is 36.4 Å². The van der Waals surface area contributed by atoms with E-state index in [0.717, 1.165) is 12.1 Å². The Morgan fingerprint density at radius 3 is 2.84 bits per heavy atom. The molecule has 3 heterocycles. The predicted molar refractivity (Wildman–Crippen MR) is 88.7 cm³/mol. The van der Waals surface area contributed by atoms with Gasteiger partial charge in [0.25, 0.3) is 5.91 Å². The molecule has 1 fully saturated rings. The van der Waals surface area contributed by atoms with Crippen LogP contribution in [0.1, 0.15) is 12.1 Å². The Balaban J connectivity index is 1.35. The molecule has 2 aromatic rings. The zero-order chi connectivity index (χ0) is 17.2. The van der Waals surface area contributed by atoms with Crippen molar-refractivity contribution in [2.45, 2.75) is 25.6 Å². The van der Waals surface area contributed by atoms with E-state index < -0.39 is 6.10 Å². The van der Waals surface area contributed by atoms with E-state index in [1.165, 1.54) is 0 Å². The Labute approximate surface area is 145 Å². The van der Waals surface area contributed by atoms with Crippen LogP contribution in [0.2, 0.25) is 0 Å². The van der Waals surface area contributed by atoms with Gasteiger partial charge in [-0.05, 0) is 25.1 Å². The van der Waals surface area contributed by atoms with Crippen LogP contribution in [-0.2, 0) is 4.79 Å². The van der Waals surface area contributed by atoms with Gasteiger partial charge in [0.2, 0.25) is 12.0 Å². The average molecular weight is 341 g/mol. The lowest BCUT2D eigenvalue weighted by atomic mass is 10.2. The number of carbonyl (C=O) groups excluding carboxylic acids is 1. The van der Waals surface area contributed by atoms with Crippen LogP contribution in [-0.4, -0.2) is 52.9 Å². The molecule has 0 spiro atoms. The second kappa shape index (κ2) is 6.58. The van der Waals surface area contributed by atoms with Gasteiger partial charge in [0.1, 0.15) is 12.7 Å². The summed E-state index contributed by atoms with van der Waals surface area (Å²) in [6.45, 7) is 3.23. The molecule has 2 atom stereocenters. The summed E-state index contributed by atoms with van der Waals surface area (Å²) in [7, 11) is 0. The van der Waals surface area contributed by atoms with Gasteiger partial charge in [0, 0.05) is 19.0 Å². The number of hydrogen-bond donors (Lipinski definition) is 0. The number of aromatic nitrogens is 2. The third kappa shape index (κ3) is 3.35. The molecule has 7 heteroatoms. The fourth-order valence-electron chi connectivity index (χ4n) is 2.99. The lowest BCUT2D eigenvalue weighted by molar-refractivity contribution is -0.140. The fraction of sp³-hybridized carbons (Fsp3) is 0.389. The van der Waals surface area contributed by atoms with Crippen LogP contribution in [0.3, 0.4) is 0 Å². The second-order valence-corrected chi connectivity index (χ2v) is 6.19. The number of benzene rings is 1. The van der Waals surface area contributed by atoms with Gasteiger partial charge >= 0.3 is 0 Å². The first-order chi connectivity index (χ1) is 12.2. The molecular weight excluding hydrogens is 322 g/mol. The minimum Gasteiger partial charge on any atom is -0.485 e. The molecule has 25 heavy (non-hydrogen) atoms. The number of carbonyl (C=O) groups is 1. The summed E-state index contributed by atoms with van der Waals surface area (Å²) in [6.07, 6.45) is 0.0522. The highest BCUT2D eigenvalue weighted by Gasteiger charge is 2.35. The molecule has 0 saturated carbocycles. The van der Waals surface area contributed by atoms with Crippen LogP contribution in [0, 0.1) is 6.92 Å². The Hall–Kier alpha value is -2.83. The van der Waals surface area contributed by atoms with E-state index in [1.807, 2.05) is 31.2 Å². The number of ether oxygens (including phenoxy) is 3. The van der Waals surface area contributed by atoms with E-state index in [9.17, 15) is 4.79 Å². The molecule has 1 saturated heterocycles. The number of fused-ring (bicyclic) bond motifs is 1. The summed E-state index contributed by atoms with van der Waals surface area (Å²) in [6, 6.07) is 11.0. The molecule has 1 aromatic heterocycles. The largest absolute Gasteiger partial charge is 0.485 e. The molecular formula is C18H19N3O4. The minimum absolute atomic E-state index is 0.0735. The van der Waals surface area contributed by atoms with Gasteiger partial charge in [-0.1, -0.05) is 12.1 Å². The number of aryl methyl sites for hydroxylation is 1. The van der Waals surface area contributed by atoms with Crippen LogP contribution in [0.4, 0.5) is 0 Å². The van der Waals surface area contributed by atoms with E-state index in [4.69, 9.17) is 14.2 Å². The first-order valence-electron chi connectivity index (χ1n) is 8.33. The molecule has 130 valence electrons. The SMILES string of the molecule is Cc1ccc(O[C@@H]2CCN(C(=O)[C@@H]3COc4ccccc4O3)C2)nn1. The van der Waals surface area contributed by atoms with Crippen LogP contribution < -0.4 is 14.2 Å². The van der Waals surface area contributed by atoms with Crippen LogP contribution in [0.25, 0.3) is 0 Å². The first-order valence-corrected chi connectivity index (χ1v) is 8.33. The molecule has 0 aliphatic carbocycles. The van der Waals surface area contributed by atoms with Gasteiger partial charge in [0.05, 0.1) is 12.2 Å². The minimum atomic E-state index is -0.618. The molecule has 2 aliphatic rings. The smallest absolute Gasteiger partial charge is 0.267 e. The molecule has 0 unspecified atom stereocenters. The van der Waals surface area contributed by atoms with Gasteiger partial charge in [-0.15, -0.1) is 5.10 Å². The first kappa shape index (κ1) is 15.7. The molecule has 7 nitrogen and oxygen atoms in total. The zero-order valence-corrected chi connectivity index (χ0v) is 13.9. The zero-order valence-electron chi connectivity index (χ0n) is 13.9. The van der Waals surface area contributed by atoms with E-state index in [1.54, 1.807) is 17.0 Å². The number of hydrogen-bond acceptors (Lipinski definition) is 6. The number of amides is 1. The quantitative estimate of drug-likeness (QED) is 0.844. The third-order valence-electron chi connectivity index (χ3n) is 4.30. The van der Waals surface area contributed by atoms with Crippen molar-refractivity contribution < 1.29 is 19.0 Å². The molecule has 0 radical (unpaired) electrons. The van der Waals surface area contributed by atoms with Crippen molar-refractivity contribution in [3.8, 4) is 17.4 Å². The number of likely N-dealkylation sites (tertiary alicyclic amines) is 1. The maximum absolute atomic E-state index is 12.7. The highest BCUT2D eigenvalue weighted by atomic mass is 16.6. The van der Waals surface area contributed by atoms with Gasteiger partial charge < -0.3 is 19.1 Å². The van der Waals surface area contributed by atoms with Crippen LogP contribution in [0.5, 0.6) is 17.4 Å². The highest BCUT2D eigenvalue weighted by molar-refractivity contribution is 5.82. The monoisotopic (exact) mass is 341 g/mol. The fourth-order valence-corrected chi connectivity index (χ4v) is 2.99. The summed E-state index contributed by atoms with van der Waals surface area (Å²) in [4.78, 5) is 14.4. The topological polar surface area (TPSA) is 73.8 Å². The standard InChI is InChI=1S/C18H19N3O4/c1-12-6-7-17(20-19-12)24-13-8-9-21(10-13)18(22)16-11-23-14-4-2-3-5-15(14)25-16/h2-7,13,16H,8-11H2,1H3/t13-,16+/m1/s1. The second-order valence-electron chi connectivity index (χ2n) is 6.19. The van der Waals surface area contributed by atoms with E-state index in [-0.39, 0.29) is 18.6 Å². The Bertz CT molecular complexity index is 765. The van der Waals surface area contributed by atoms with E-state index >= 15 is 0 Å². The van der Waals surface area contributed by atoms with Gasteiger partial charge in [-0.25, -0.2) is 0 Å². The van der Waals surface area contributed by atoms with Crippen molar-refractivity contribution >= 4 is 5.91 Å². The maximum atomic E-state index is 12.7. The average Bonchev–Trinajstić information content (AvgIpc) is 3.11. The molecule has 0 bridgehead atoms. The molecule has 1 amide bonds. The van der Waals surface area contributed by atoms with Gasteiger partial charge in [0.15, 0.2) is 11.5 Å². The predicted octanol–water partition coefficient (Wildman–Crippen LogP) is 1.60. The summed E-state index contributed by atoms with van der Waals surface area (Å²) < 4.78 is 17.2. The summed E-state index contributed by atoms with van der Waals surface area (Å²) >= 11 is 0. The van der Waals surface area contributed by atoms with Crippen molar-refractivity contribution in [3.63, 3.8) is 0 Å². The van der Waals surface area contributed by atoms with Crippen molar-refractivity contribution in [1.29, 1.82) is 0 Å². The van der Waals surface area contributed by atoms with E-state index in [2.05, 4.69) is 10.2 Å². The summed E-state index contributed by atoms with van der Waals surface area (Å²) in [5, 5.41) is 7.98. The number of nitrogens with zero attached hydrogens (tertiary/aromatic N) is 3. The van der Waals surface area contributed by atoms with Crippen molar-refractivity contribution in [2.24, 2.45) is 0 Å². The maximum Gasteiger partial charge on any atom is 0.267 e. The lowest BCUT2D eigenvalue weighted by Gasteiger charge is -2.28. The summed E-state index contributed by atoms with van der Waals surface area (Å²) in [5.41, 5.74) is 0.838. The van der Waals surface area contributed by atoms with Gasteiger partial charge in [-0.2, -0.15) is 5.10 Å². The van der Waals surface area contributed by atoms with Gasteiger partial charge in [-0.3, -0.25) is 4.79 Å². The molecule has 1 aromatic carbocycles. The van der Waals surface area contributed by atoms with E-state index in [0.29, 0.717) is 30.5 Å². The van der Waals surface area contributed by atoms with Crippen molar-refractivity contribution in [1.82, 2.24) is 15.1 Å². The summed E-state index contributed by atoms with van der Waals surface area (Å²) in [5.74, 6) is 1.69. The normalized spacial score (nSPS) is 21.9. The number of para-hydroxylation sites is 2. The Kier molecular flexibility index (Phi) is 4.13. The Morgan fingerprint density at radius 2 is 2.04 bits per heavy atom. The lowest BCUT2D eigenvalue weighted by Crippen LogP contribution is -2.46. The molecule has 2 aliphatic heterocycles. The molecule has 0 N–H and O–H groups in total. The number of rotatable bonds is 3. The van der Waals surface area contributed by atoms with Crippen molar-refractivity contribution in [2.75, 3.05) is 19.7 Å². The van der Waals surface area contributed by atoms with Crippen molar-refractivity contribution in [3.05, 3.63) is 42.1 Å². The van der Waals surface area contributed by atoms with Crippen LogP contribution >= 0.6 is 0 Å². The Morgan fingerprint density at radius 1 is 1.20 bits per heavy atom. The molecule has 4 rings (SSSR count). The highest BCUT2D eigenvalue weighted by Crippen LogP contribution is 2.31.